The lowest BCUT2D eigenvalue weighted by Crippen LogP contribution is -2.05. The minimum atomic E-state index is -0.295. The summed E-state index contributed by atoms with van der Waals surface area (Å²) in [5.74, 6) is -0.447. The summed E-state index contributed by atoms with van der Waals surface area (Å²) in [4.78, 5) is 23.5. The number of hydrogen-bond donors (Lipinski definition) is 1. The Bertz CT molecular complexity index is 812. The quantitative estimate of drug-likeness (QED) is 0.531. The third kappa shape index (κ3) is 4.14. The monoisotopic (exact) mass is 304 g/mol. The molecular formula is C19H16N2O2. The molecule has 0 bridgehead atoms. The highest BCUT2D eigenvalue weighted by Gasteiger charge is 2.13. The molecule has 2 aromatic rings. The summed E-state index contributed by atoms with van der Waals surface area (Å²) in [6.45, 7) is 3.27. The van der Waals surface area contributed by atoms with Gasteiger partial charge in [0.1, 0.15) is 11.6 Å². The van der Waals surface area contributed by atoms with Crippen molar-refractivity contribution in [1.82, 2.24) is 0 Å². The molecule has 0 saturated heterocycles. The minimum Gasteiger partial charge on any atom is -0.326 e. The van der Waals surface area contributed by atoms with Gasteiger partial charge in [-0.1, -0.05) is 36.4 Å². The van der Waals surface area contributed by atoms with Gasteiger partial charge in [0.15, 0.2) is 0 Å². The number of hydrogen-bond acceptors (Lipinski definition) is 3. The van der Waals surface area contributed by atoms with E-state index in [-0.39, 0.29) is 17.3 Å². The van der Waals surface area contributed by atoms with Gasteiger partial charge in [0.25, 0.3) is 0 Å². The smallest absolute Gasteiger partial charge is 0.221 e. The van der Waals surface area contributed by atoms with Crippen molar-refractivity contribution in [3.63, 3.8) is 0 Å². The summed E-state index contributed by atoms with van der Waals surface area (Å²) in [6, 6.07) is 16.1. The van der Waals surface area contributed by atoms with E-state index in [4.69, 9.17) is 0 Å². The Morgan fingerprint density at radius 1 is 1.09 bits per heavy atom. The molecule has 0 aromatic heterocycles. The van der Waals surface area contributed by atoms with Crippen LogP contribution in [-0.4, -0.2) is 11.7 Å². The highest BCUT2D eigenvalue weighted by molar-refractivity contribution is 6.14. The molecule has 2 aromatic carbocycles. The molecule has 23 heavy (non-hydrogen) atoms. The van der Waals surface area contributed by atoms with Gasteiger partial charge in [-0.15, -0.1) is 0 Å². The number of anilines is 1. The van der Waals surface area contributed by atoms with Crippen molar-refractivity contribution in [2.45, 2.75) is 13.8 Å². The number of nitrogens with zero attached hydrogens (tertiary/aromatic N) is 1. The number of Topliss-reactive ketones (excluding diaryl/α,β-unsaturated/α-hetero) is 1. The van der Waals surface area contributed by atoms with E-state index in [2.05, 4.69) is 5.32 Å². The standard InChI is InChI=1S/C19H16N2O2/c1-13-5-3-4-6-18(13)19(23)16(12-20)11-15-7-9-17(10-8-15)21-14(2)22/h3-11H,1-2H3,(H,21,22)/b16-11+. The normalized spacial score (nSPS) is 10.7. The summed E-state index contributed by atoms with van der Waals surface area (Å²) < 4.78 is 0. The van der Waals surface area contributed by atoms with Gasteiger partial charge in [0, 0.05) is 18.2 Å². The van der Waals surface area contributed by atoms with E-state index in [9.17, 15) is 14.9 Å². The summed E-state index contributed by atoms with van der Waals surface area (Å²) in [7, 11) is 0. The van der Waals surface area contributed by atoms with Crippen LogP contribution in [0.3, 0.4) is 0 Å². The maximum absolute atomic E-state index is 12.5. The molecule has 0 heterocycles. The predicted octanol–water partition coefficient (Wildman–Crippen LogP) is 3.74. The third-order valence-corrected chi connectivity index (χ3v) is 3.30. The predicted molar refractivity (Wildman–Crippen MR) is 89.8 cm³/mol. The third-order valence-electron chi connectivity index (χ3n) is 3.30. The van der Waals surface area contributed by atoms with Crippen molar-refractivity contribution in [3.05, 3.63) is 70.8 Å². The van der Waals surface area contributed by atoms with Gasteiger partial charge in [0.05, 0.1) is 0 Å². The first-order chi connectivity index (χ1) is 11.0. The van der Waals surface area contributed by atoms with Crippen LogP contribution in [0, 0.1) is 18.3 Å². The molecule has 0 unspecified atom stereocenters. The number of allylic oxidation sites excluding steroid dienone is 1. The summed E-state index contributed by atoms with van der Waals surface area (Å²) in [5.41, 5.74) is 2.82. The highest BCUT2D eigenvalue weighted by atomic mass is 16.1. The minimum absolute atomic E-state index is 0.0755. The van der Waals surface area contributed by atoms with Crippen molar-refractivity contribution >= 4 is 23.5 Å². The van der Waals surface area contributed by atoms with Crippen molar-refractivity contribution in [2.24, 2.45) is 0 Å². The molecule has 114 valence electrons. The largest absolute Gasteiger partial charge is 0.326 e. The molecule has 0 aliphatic heterocycles. The molecule has 0 radical (unpaired) electrons. The molecule has 4 heteroatoms. The second-order valence-corrected chi connectivity index (χ2v) is 5.12. The number of amides is 1. The lowest BCUT2D eigenvalue weighted by molar-refractivity contribution is -0.114. The zero-order valence-electron chi connectivity index (χ0n) is 13.0. The lowest BCUT2D eigenvalue weighted by atomic mass is 9.98. The number of nitrogens with one attached hydrogen (secondary N) is 1. The van der Waals surface area contributed by atoms with Crippen LogP contribution in [0.15, 0.2) is 54.1 Å². The zero-order valence-corrected chi connectivity index (χ0v) is 13.0. The highest BCUT2D eigenvalue weighted by Crippen LogP contribution is 2.17. The average Bonchev–Trinajstić information content (AvgIpc) is 2.53. The number of aryl methyl sites for hydroxylation is 1. The van der Waals surface area contributed by atoms with Crippen molar-refractivity contribution in [3.8, 4) is 6.07 Å². The van der Waals surface area contributed by atoms with Gasteiger partial charge in [0.2, 0.25) is 11.7 Å². The molecule has 1 N–H and O–H groups in total. The van der Waals surface area contributed by atoms with E-state index < -0.39 is 0 Å². The maximum Gasteiger partial charge on any atom is 0.221 e. The van der Waals surface area contributed by atoms with E-state index in [0.717, 1.165) is 11.1 Å². The molecule has 0 aliphatic carbocycles. The number of rotatable bonds is 4. The Morgan fingerprint density at radius 2 is 1.74 bits per heavy atom. The Balaban J connectivity index is 2.29. The molecule has 0 saturated carbocycles. The van der Waals surface area contributed by atoms with Crippen molar-refractivity contribution in [1.29, 1.82) is 5.26 Å². The second-order valence-electron chi connectivity index (χ2n) is 5.12. The SMILES string of the molecule is CC(=O)Nc1ccc(/C=C(\C#N)C(=O)c2ccccc2C)cc1. The van der Waals surface area contributed by atoms with E-state index >= 15 is 0 Å². The number of benzene rings is 2. The van der Waals surface area contributed by atoms with Gasteiger partial charge in [-0.3, -0.25) is 9.59 Å². The van der Waals surface area contributed by atoms with E-state index in [1.165, 1.54) is 6.92 Å². The van der Waals surface area contributed by atoms with Gasteiger partial charge in [-0.25, -0.2) is 0 Å². The molecular weight excluding hydrogens is 288 g/mol. The number of carbonyl (C=O) groups is 2. The maximum atomic E-state index is 12.5. The molecule has 0 atom stereocenters. The van der Waals surface area contributed by atoms with Crippen LogP contribution in [0.25, 0.3) is 6.08 Å². The fourth-order valence-corrected chi connectivity index (χ4v) is 2.15. The number of carbonyl (C=O) groups excluding carboxylic acids is 2. The molecule has 1 amide bonds. The molecule has 0 spiro atoms. The van der Waals surface area contributed by atoms with Gasteiger partial charge in [-0.05, 0) is 36.3 Å². The first kappa shape index (κ1) is 16.2. The second kappa shape index (κ2) is 7.19. The van der Waals surface area contributed by atoms with Crippen LogP contribution in [0.2, 0.25) is 0 Å². The van der Waals surface area contributed by atoms with Crippen molar-refractivity contribution in [2.75, 3.05) is 5.32 Å². The van der Waals surface area contributed by atoms with Gasteiger partial charge >= 0.3 is 0 Å². The van der Waals surface area contributed by atoms with Gasteiger partial charge < -0.3 is 5.32 Å². The fraction of sp³-hybridized carbons (Fsp3) is 0.105. The lowest BCUT2D eigenvalue weighted by Gasteiger charge is -2.04. The number of ketones is 1. The summed E-state index contributed by atoms with van der Waals surface area (Å²) in [6.07, 6.45) is 1.55. The van der Waals surface area contributed by atoms with E-state index in [1.54, 1.807) is 42.5 Å². The molecule has 4 nitrogen and oxygen atoms in total. The fourth-order valence-electron chi connectivity index (χ4n) is 2.15. The first-order valence-corrected chi connectivity index (χ1v) is 7.11. The first-order valence-electron chi connectivity index (χ1n) is 7.11. The molecule has 2 rings (SSSR count). The Morgan fingerprint density at radius 3 is 2.30 bits per heavy atom. The molecule has 0 aliphatic rings. The summed E-state index contributed by atoms with van der Waals surface area (Å²) >= 11 is 0. The zero-order chi connectivity index (χ0) is 16.8. The van der Waals surface area contributed by atoms with Crippen LogP contribution >= 0.6 is 0 Å². The van der Waals surface area contributed by atoms with Crippen LogP contribution in [0.5, 0.6) is 0 Å². The number of nitriles is 1. The van der Waals surface area contributed by atoms with Crippen LogP contribution in [0.4, 0.5) is 5.69 Å². The van der Waals surface area contributed by atoms with Crippen molar-refractivity contribution < 1.29 is 9.59 Å². The Kier molecular flexibility index (Phi) is 5.06. The topological polar surface area (TPSA) is 70.0 Å². The average molecular weight is 304 g/mol. The van der Waals surface area contributed by atoms with Crippen LogP contribution in [0.1, 0.15) is 28.4 Å². The van der Waals surface area contributed by atoms with Crippen LogP contribution < -0.4 is 5.32 Å². The Labute approximate surface area is 135 Å². The summed E-state index contributed by atoms with van der Waals surface area (Å²) in [5, 5.41) is 12.0. The van der Waals surface area contributed by atoms with Crippen LogP contribution in [-0.2, 0) is 4.79 Å². The van der Waals surface area contributed by atoms with Gasteiger partial charge in [-0.2, -0.15) is 5.26 Å². The van der Waals surface area contributed by atoms with E-state index in [0.29, 0.717) is 11.3 Å². The molecule has 0 fully saturated rings. The Hall–Kier alpha value is -3.19. The van der Waals surface area contributed by atoms with E-state index in [1.807, 2.05) is 25.1 Å².